The second-order valence-electron chi connectivity index (χ2n) is 4.60. The summed E-state index contributed by atoms with van der Waals surface area (Å²) >= 11 is 0. The number of alkyl halides is 7. The molecule has 0 heterocycles. The Hall–Kier alpha value is -2.05. The van der Waals surface area contributed by atoms with Crippen molar-refractivity contribution in [3.63, 3.8) is 0 Å². The van der Waals surface area contributed by atoms with E-state index >= 15 is 0 Å². The van der Waals surface area contributed by atoms with Crippen molar-refractivity contribution in [1.82, 2.24) is 0 Å². The highest BCUT2D eigenvalue weighted by molar-refractivity contribution is 5.63. The third-order valence-corrected chi connectivity index (χ3v) is 3.17. The van der Waals surface area contributed by atoms with Crippen LogP contribution < -0.4 is 0 Å². The monoisotopic (exact) mass is 322 g/mol. The molecule has 0 fully saturated rings. The van der Waals surface area contributed by atoms with E-state index in [2.05, 4.69) is 0 Å². The van der Waals surface area contributed by atoms with Gasteiger partial charge in [0.25, 0.3) is 0 Å². The second-order valence-corrected chi connectivity index (χ2v) is 4.60. The van der Waals surface area contributed by atoms with Crippen LogP contribution in [-0.4, -0.2) is 12.4 Å². The first-order valence-corrected chi connectivity index (χ1v) is 6.05. The van der Waals surface area contributed by atoms with E-state index in [4.69, 9.17) is 0 Å². The van der Waals surface area contributed by atoms with Gasteiger partial charge in [0, 0.05) is 5.56 Å². The van der Waals surface area contributed by atoms with Crippen molar-refractivity contribution < 1.29 is 30.7 Å². The van der Waals surface area contributed by atoms with Crippen molar-refractivity contribution in [2.45, 2.75) is 18.0 Å². The minimum atomic E-state index is -6.10. The van der Waals surface area contributed by atoms with Gasteiger partial charge < -0.3 is 0 Å². The molecule has 0 aliphatic carbocycles. The zero-order valence-corrected chi connectivity index (χ0v) is 10.8. The molecule has 2 aromatic rings. The summed E-state index contributed by atoms with van der Waals surface area (Å²) in [6.07, 6.45) is -12.2. The van der Waals surface area contributed by atoms with Crippen LogP contribution in [0.3, 0.4) is 0 Å². The van der Waals surface area contributed by atoms with Gasteiger partial charge >= 0.3 is 18.0 Å². The fourth-order valence-electron chi connectivity index (χ4n) is 2.01. The summed E-state index contributed by atoms with van der Waals surface area (Å²) in [5.74, 6) is 0. The topological polar surface area (TPSA) is 0 Å². The minimum Gasteiger partial charge on any atom is -0.218 e. The van der Waals surface area contributed by atoms with Crippen LogP contribution in [0.4, 0.5) is 30.7 Å². The zero-order valence-electron chi connectivity index (χ0n) is 10.8. The second kappa shape index (κ2) is 5.30. The van der Waals surface area contributed by atoms with E-state index in [0.717, 1.165) is 12.1 Å². The Kier molecular flexibility index (Phi) is 3.93. The number of rotatable bonds is 2. The van der Waals surface area contributed by atoms with Crippen molar-refractivity contribution in [1.29, 1.82) is 0 Å². The lowest BCUT2D eigenvalue weighted by atomic mass is 9.92. The summed E-state index contributed by atoms with van der Waals surface area (Å²) < 4.78 is 89.5. The van der Waals surface area contributed by atoms with Gasteiger partial charge in [0.05, 0.1) is 0 Å². The Morgan fingerprint density at radius 1 is 0.500 bits per heavy atom. The fourth-order valence-corrected chi connectivity index (χ4v) is 2.01. The van der Waals surface area contributed by atoms with Crippen LogP contribution in [0, 0.1) is 0 Å². The summed E-state index contributed by atoms with van der Waals surface area (Å²) in [6.45, 7) is 0. The first kappa shape index (κ1) is 16.3. The van der Waals surface area contributed by atoms with Crippen LogP contribution in [0.2, 0.25) is 0 Å². The summed E-state index contributed by atoms with van der Waals surface area (Å²) in [6, 6.07) is 11.3. The van der Waals surface area contributed by atoms with Crippen molar-refractivity contribution in [2.24, 2.45) is 0 Å². The Morgan fingerprint density at radius 3 is 1.32 bits per heavy atom. The average molecular weight is 322 g/mol. The lowest BCUT2D eigenvalue weighted by Gasteiger charge is -2.30. The van der Waals surface area contributed by atoms with Crippen molar-refractivity contribution >= 4 is 0 Å². The fraction of sp³-hybridized carbons (Fsp3) is 0.200. The normalized spacial score (nSPS) is 13.2. The van der Waals surface area contributed by atoms with Gasteiger partial charge in [-0.05, 0) is 11.1 Å². The maximum absolute atomic E-state index is 13.8. The number of hydrogen-bond acceptors (Lipinski definition) is 0. The first-order valence-electron chi connectivity index (χ1n) is 6.05. The van der Waals surface area contributed by atoms with Gasteiger partial charge in [-0.25, -0.2) is 4.39 Å². The van der Waals surface area contributed by atoms with Crippen LogP contribution >= 0.6 is 0 Å². The molecule has 0 radical (unpaired) electrons. The molecule has 0 spiro atoms. The van der Waals surface area contributed by atoms with Gasteiger partial charge in [-0.1, -0.05) is 54.6 Å². The number of benzene rings is 2. The molecule has 0 amide bonds. The molecule has 0 atom stereocenters. The Bertz CT molecular complexity index is 610. The standard InChI is InChI=1S/C15H9F7/c16-13(14(17,18)19,15(20,21)22)12-8-6-11(7-9-12)10-4-2-1-3-5-10/h1-9H. The van der Waals surface area contributed by atoms with Gasteiger partial charge in [-0.3, -0.25) is 0 Å². The first-order chi connectivity index (χ1) is 10.1. The molecule has 0 N–H and O–H groups in total. The van der Waals surface area contributed by atoms with Crippen molar-refractivity contribution in [3.8, 4) is 11.1 Å². The van der Waals surface area contributed by atoms with Crippen LogP contribution in [-0.2, 0) is 5.67 Å². The molecule has 2 rings (SSSR count). The van der Waals surface area contributed by atoms with Crippen molar-refractivity contribution in [2.75, 3.05) is 0 Å². The predicted octanol–water partition coefficient (Wildman–Crippen LogP) is 5.64. The average Bonchev–Trinajstić information content (AvgIpc) is 2.45. The molecule has 0 nitrogen and oxygen atoms in total. The molecule has 7 heteroatoms. The molecule has 0 saturated carbocycles. The van der Waals surface area contributed by atoms with Crippen LogP contribution in [0.25, 0.3) is 11.1 Å². The van der Waals surface area contributed by atoms with Crippen LogP contribution in [0.5, 0.6) is 0 Å². The largest absolute Gasteiger partial charge is 0.435 e. The van der Waals surface area contributed by atoms with E-state index in [0.29, 0.717) is 23.3 Å². The molecule has 0 saturated heterocycles. The molecule has 0 unspecified atom stereocenters. The SMILES string of the molecule is FC(F)(F)C(F)(c1ccc(-c2ccccc2)cc1)C(F)(F)F. The van der Waals surface area contributed by atoms with Gasteiger partial charge in [0.15, 0.2) is 0 Å². The molecule has 0 bridgehead atoms. The van der Waals surface area contributed by atoms with Crippen molar-refractivity contribution in [3.05, 3.63) is 60.2 Å². The van der Waals surface area contributed by atoms with E-state index in [-0.39, 0.29) is 0 Å². The van der Waals surface area contributed by atoms with Gasteiger partial charge in [0.1, 0.15) is 0 Å². The summed E-state index contributed by atoms with van der Waals surface area (Å²) in [4.78, 5) is 0. The predicted molar refractivity (Wildman–Crippen MR) is 66.8 cm³/mol. The smallest absolute Gasteiger partial charge is 0.218 e. The highest BCUT2D eigenvalue weighted by Gasteiger charge is 2.73. The molecule has 0 aliphatic rings. The third-order valence-electron chi connectivity index (χ3n) is 3.17. The number of halogens is 7. The number of hydrogen-bond donors (Lipinski definition) is 0. The van der Waals surface area contributed by atoms with Crippen LogP contribution in [0.1, 0.15) is 5.56 Å². The van der Waals surface area contributed by atoms with Gasteiger partial charge in [-0.15, -0.1) is 0 Å². The third kappa shape index (κ3) is 2.67. The summed E-state index contributed by atoms with van der Waals surface area (Å²) in [5, 5.41) is 0. The van der Waals surface area contributed by atoms with Crippen LogP contribution in [0.15, 0.2) is 54.6 Å². The minimum absolute atomic E-state index is 0.385. The highest BCUT2D eigenvalue weighted by atomic mass is 19.4. The molecule has 0 aromatic heterocycles. The molecular weight excluding hydrogens is 313 g/mol. The lowest BCUT2D eigenvalue weighted by molar-refractivity contribution is -0.348. The lowest BCUT2D eigenvalue weighted by Crippen LogP contribution is -2.50. The Morgan fingerprint density at radius 2 is 0.909 bits per heavy atom. The quantitative estimate of drug-likeness (QED) is 0.627. The highest BCUT2D eigenvalue weighted by Crippen LogP contribution is 2.53. The zero-order chi connectivity index (χ0) is 16.6. The van der Waals surface area contributed by atoms with E-state index in [1.807, 2.05) is 0 Å². The molecule has 0 aliphatic heterocycles. The summed E-state index contributed by atoms with van der Waals surface area (Å²) in [7, 11) is 0. The Labute approximate surface area is 121 Å². The maximum Gasteiger partial charge on any atom is 0.435 e. The van der Waals surface area contributed by atoms with E-state index in [1.54, 1.807) is 30.3 Å². The molecule has 22 heavy (non-hydrogen) atoms. The van der Waals surface area contributed by atoms with Gasteiger partial charge in [0.2, 0.25) is 0 Å². The molecule has 118 valence electrons. The summed E-state index contributed by atoms with van der Waals surface area (Å²) in [5.41, 5.74) is -5.91. The molecule has 2 aromatic carbocycles. The van der Waals surface area contributed by atoms with E-state index in [9.17, 15) is 30.7 Å². The maximum atomic E-state index is 13.8. The Balaban J connectivity index is 2.48. The molecular formula is C15H9F7. The van der Waals surface area contributed by atoms with E-state index in [1.165, 1.54) is 0 Å². The van der Waals surface area contributed by atoms with E-state index < -0.39 is 23.6 Å². The van der Waals surface area contributed by atoms with Gasteiger partial charge in [-0.2, -0.15) is 26.3 Å².